The summed E-state index contributed by atoms with van der Waals surface area (Å²) in [6.07, 6.45) is 3.86. The Balaban J connectivity index is 1.45. The lowest BCUT2D eigenvalue weighted by molar-refractivity contribution is -0.199. The van der Waals surface area contributed by atoms with E-state index in [4.69, 9.17) is 15.2 Å². The molecule has 2 amide bonds. The predicted octanol–water partition coefficient (Wildman–Crippen LogP) is 4.03. The summed E-state index contributed by atoms with van der Waals surface area (Å²) in [5, 5.41) is 1.15. The monoisotopic (exact) mass is 403 g/mol. The average molecular weight is 403 g/mol. The number of ether oxygens (including phenoxy) is 2. The summed E-state index contributed by atoms with van der Waals surface area (Å²) < 4.78 is 12.5. The van der Waals surface area contributed by atoms with E-state index in [-0.39, 0.29) is 6.03 Å². The van der Waals surface area contributed by atoms with E-state index in [1.807, 2.05) is 18.3 Å². The number of nitrogens with zero attached hydrogens (tertiary/aromatic N) is 2. The van der Waals surface area contributed by atoms with Gasteiger partial charge in [-0.2, -0.15) is 0 Å². The van der Waals surface area contributed by atoms with Crippen LogP contribution in [0.5, 0.6) is 5.75 Å². The molecule has 6 heteroatoms. The number of aromatic nitrogens is 1. The third-order valence-electron chi connectivity index (χ3n) is 6.27. The van der Waals surface area contributed by atoms with Crippen LogP contribution in [0.25, 0.3) is 22.0 Å². The highest BCUT2D eigenvalue weighted by molar-refractivity contribution is 5.88. The second-order valence-electron chi connectivity index (χ2n) is 8.07. The van der Waals surface area contributed by atoms with Gasteiger partial charge in [0.25, 0.3) is 0 Å². The van der Waals surface area contributed by atoms with Crippen LogP contribution >= 0.6 is 0 Å². The van der Waals surface area contributed by atoms with Gasteiger partial charge in [0.1, 0.15) is 5.75 Å². The fourth-order valence-corrected chi connectivity index (χ4v) is 4.54. The first-order valence-electron chi connectivity index (χ1n) is 10.4. The van der Waals surface area contributed by atoms with Gasteiger partial charge >= 0.3 is 6.03 Å². The number of rotatable bonds is 1. The average Bonchev–Trinajstić information content (AvgIpc) is 2.93. The Morgan fingerprint density at radius 1 is 1.17 bits per heavy atom. The van der Waals surface area contributed by atoms with Gasteiger partial charge in [-0.25, -0.2) is 4.79 Å². The molecule has 0 atom stereocenters. The molecule has 6 nitrogen and oxygen atoms in total. The topological polar surface area (TPSA) is 77.7 Å². The summed E-state index contributed by atoms with van der Waals surface area (Å²) in [5.74, 6) is 0.182. The van der Waals surface area contributed by atoms with Gasteiger partial charge in [0.15, 0.2) is 0 Å². The molecule has 0 aliphatic carbocycles. The maximum atomic E-state index is 11.4. The number of hydrogen-bond donors (Lipinski definition) is 1. The summed E-state index contributed by atoms with van der Waals surface area (Å²) in [6, 6.07) is 14.3. The molecule has 2 aromatic carbocycles. The van der Waals surface area contributed by atoms with Crippen molar-refractivity contribution in [1.82, 2.24) is 9.88 Å². The van der Waals surface area contributed by atoms with Gasteiger partial charge < -0.3 is 20.1 Å². The van der Waals surface area contributed by atoms with Crippen molar-refractivity contribution < 1.29 is 14.3 Å². The number of nitrogens with two attached hydrogens (primary N) is 1. The smallest absolute Gasteiger partial charge is 0.314 e. The fraction of sp³-hybridized carbons (Fsp3) is 0.333. The van der Waals surface area contributed by atoms with Crippen LogP contribution in [0.15, 0.2) is 48.7 Å². The number of benzene rings is 2. The molecule has 1 aromatic heterocycles. The highest BCUT2D eigenvalue weighted by Gasteiger charge is 2.40. The van der Waals surface area contributed by atoms with E-state index in [1.54, 1.807) is 4.90 Å². The summed E-state index contributed by atoms with van der Waals surface area (Å²) in [5.41, 5.74) is 11.1. The molecule has 0 bridgehead atoms. The number of amides is 2. The molecular formula is C24H25N3O3. The zero-order valence-electron chi connectivity index (χ0n) is 17.1. The molecule has 2 aliphatic rings. The molecule has 1 fully saturated rings. The quantitative estimate of drug-likeness (QED) is 0.665. The largest absolute Gasteiger partial charge is 0.462 e. The second-order valence-corrected chi connectivity index (χ2v) is 8.07. The zero-order valence-corrected chi connectivity index (χ0v) is 17.1. The zero-order chi connectivity index (χ0) is 20.7. The Kier molecular flexibility index (Phi) is 4.59. The fourth-order valence-electron chi connectivity index (χ4n) is 4.54. The Morgan fingerprint density at radius 3 is 2.80 bits per heavy atom. The molecule has 0 radical (unpaired) electrons. The Labute approximate surface area is 175 Å². The van der Waals surface area contributed by atoms with Crippen molar-refractivity contribution in [1.29, 1.82) is 0 Å². The molecule has 30 heavy (non-hydrogen) atoms. The minimum Gasteiger partial charge on any atom is -0.462 e. The summed E-state index contributed by atoms with van der Waals surface area (Å²) in [6.45, 7) is 3.81. The van der Waals surface area contributed by atoms with Crippen LogP contribution in [0.2, 0.25) is 0 Å². The van der Waals surface area contributed by atoms with Crippen molar-refractivity contribution in [2.75, 3.05) is 19.7 Å². The molecular weight excluding hydrogens is 378 g/mol. The predicted molar refractivity (Wildman–Crippen MR) is 115 cm³/mol. The van der Waals surface area contributed by atoms with Crippen molar-refractivity contribution >= 4 is 16.9 Å². The number of urea groups is 1. The molecule has 1 saturated heterocycles. The number of carbonyl (C=O) groups excluding carboxylic acids is 1. The minimum absolute atomic E-state index is 0.385. The number of carbonyl (C=O) groups is 1. The highest BCUT2D eigenvalue weighted by Crippen LogP contribution is 2.38. The first-order valence-corrected chi connectivity index (χ1v) is 10.4. The van der Waals surface area contributed by atoms with Crippen molar-refractivity contribution in [3.05, 3.63) is 59.8 Å². The number of aryl methyl sites for hydroxylation is 1. The van der Waals surface area contributed by atoms with Gasteiger partial charge in [-0.15, -0.1) is 0 Å². The van der Waals surface area contributed by atoms with Crippen LogP contribution in [0.1, 0.15) is 24.0 Å². The maximum Gasteiger partial charge on any atom is 0.314 e. The number of fused-ring (bicyclic) bond motifs is 2. The molecule has 154 valence electrons. The Bertz CT molecular complexity index is 1120. The van der Waals surface area contributed by atoms with Crippen LogP contribution in [0, 0.1) is 6.92 Å². The van der Waals surface area contributed by atoms with Crippen LogP contribution in [-0.4, -0.2) is 41.4 Å². The second kappa shape index (κ2) is 7.29. The molecule has 3 aromatic rings. The highest BCUT2D eigenvalue weighted by atomic mass is 16.7. The normalized spacial score (nSPS) is 18.0. The molecule has 1 spiro atoms. The van der Waals surface area contributed by atoms with Crippen molar-refractivity contribution in [2.24, 2.45) is 5.73 Å². The van der Waals surface area contributed by atoms with Gasteiger partial charge in [-0.1, -0.05) is 24.3 Å². The molecule has 3 heterocycles. The van der Waals surface area contributed by atoms with Crippen molar-refractivity contribution in [3.8, 4) is 16.9 Å². The lowest BCUT2D eigenvalue weighted by Crippen LogP contribution is -2.52. The summed E-state index contributed by atoms with van der Waals surface area (Å²) in [4.78, 5) is 17.6. The lowest BCUT2D eigenvalue weighted by Gasteiger charge is -2.40. The third kappa shape index (κ3) is 3.27. The van der Waals surface area contributed by atoms with E-state index in [2.05, 4.69) is 42.2 Å². The van der Waals surface area contributed by atoms with Crippen LogP contribution in [-0.2, 0) is 11.2 Å². The molecule has 5 rings (SSSR count). The van der Waals surface area contributed by atoms with Crippen LogP contribution in [0.3, 0.4) is 0 Å². The molecule has 2 N–H and O–H groups in total. The number of piperidine rings is 1. The van der Waals surface area contributed by atoms with E-state index in [0.717, 1.165) is 34.2 Å². The number of likely N-dealkylation sites (tertiary alicyclic amines) is 1. The van der Waals surface area contributed by atoms with Gasteiger partial charge in [0, 0.05) is 37.5 Å². The van der Waals surface area contributed by atoms with Crippen molar-refractivity contribution in [3.63, 3.8) is 0 Å². The van der Waals surface area contributed by atoms with E-state index < -0.39 is 5.79 Å². The summed E-state index contributed by atoms with van der Waals surface area (Å²) in [7, 11) is 0. The van der Waals surface area contributed by atoms with Gasteiger partial charge in [-0.05, 0) is 53.8 Å². The first kappa shape index (κ1) is 18.9. The maximum absolute atomic E-state index is 11.4. The van der Waals surface area contributed by atoms with Crippen LogP contribution in [0.4, 0.5) is 4.79 Å². The Hall–Kier alpha value is -3.12. The van der Waals surface area contributed by atoms with Crippen LogP contribution < -0.4 is 10.5 Å². The van der Waals surface area contributed by atoms with Gasteiger partial charge in [-0.3, -0.25) is 4.98 Å². The minimum atomic E-state index is -0.679. The molecule has 0 saturated carbocycles. The molecule has 0 unspecified atom stereocenters. The van der Waals surface area contributed by atoms with Gasteiger partial charge in [0.05, 0.1) is 12.1 Å². The SMILES string of the molecule is Cc1c(-c2ccc3c(c2)CCOC2(CCN(C(N)=O)CC2)O3)ccc2cccnc12. The lowest BCUT2D eigenvalue weighted by atomic mass is 9.95. The Morgan fingerprint density at radius 2 is 2.00 bits per heavy atom. The molecule has 2 aliphatic heterocycles. The van der Waals surface area contributed by atoms with Gasteiger partial charge in [0.2, 0.25) is 5.79 Å². The van der Waals surface area contributed by atoms with Crippen molar-refractivity contribution in [2.45, 2.75) is 32.0 Å². The van der Waals surface area contributed by atoms with E-state index in [0.29, 0.717) is 32.5 Å². The van der Waals surface area contributed by atoms with E-state index in [1.165, 1.54) is 11.1 Å². The van der Waals surface area contributed by atoms with E-state index in [9.17, 15) is 4.79 Å². The van der Waals surface area contributed by atoms with E-state index >= 15 is 0 Å². The number of pyridine rings is 1. The third-order valence-corrected chi connectivity index (χ3v) is 6.27. The summed E-state index contributed by atoms with van der Waals surface area (Å²) >= 11 is 0. The standard InChI is InChI=1S/C24H25N3O3/c1-16-20(6-4-17-3-2-11-26-22(16)17)18-5-7-21-19(15-18)8-14-29-24(30-21)9-12-27(13-10-24)23(25)28/h2-7,11,15H,8-10,12-14H2,1H3,(H2,25,28). The first-order chi connectivity index (χ1) is 14.5. The number of hydrogen-bond acceptors (Lipinski definition) is 4. The number of primary amides is 1.